The Morgan fingerprint density at radius 2 is 1.60 bits per heavy atom. The molecule has 0 aromatic heterocycles. The van der Waals surface area contributed by atoms with Crippen molar-refractivity contribution in [2.75, 3.05) is 19.6 Å². The Morgan fingerprint density at radius 1 is 1.00 bits per heavy atom. The predicted molar refractivity (Wildman–Crippen MR) is 85.9 cm³/mol. The summed E-state index contributed by atoms with van der Waals surface area (Å²) in [7, 11) is 0. The van der Waals surface area contributed by atoms with E-state index < -0.39 is 0 Å². The van der Waals surface area contributed by atoms with Crippen LogP contribution in [0.2, 0.25) is 0 Å². The van der Waals surface area contributed by atoms with E-state index in [1.807, 2.05) is 0 Å². The van der Waals surface area contributed by atoms with Crippen molar-refractivity contribution in [3.05, 3.63) is 0 Å². The van der Waals surface area contributed by atoms with Gasteiger partial charge in [-0.25, -0.2) is 0 Å². The molecule has 0 aromatic carbocycles. The van der Waals surface area contributed by atoms with Crippen molar-refractivity contribution in [1.29, 1.82) is 0 Å². The lowest BCUT2D eigenvalue weighted by Crippen LogP contribution is -2.64. The maximum absolute atomic E-state index is 3.91. The van der Waals surface area contributed by atoms with Crippen LogP contribution in [0.1, 0.15) is 66.7 Å². The Morgan fingerprint density at radius 3 is 2.15 bits per heavy atom. The van der Waals surface area contributed by atoms with E-state index in [0.717, 1.165) is 5.92 Å². The van der Waals surface area contributed by atoms with Crippen LogP contribution in [-0.2, 0) is 0 Å². The molecule has 1 N–H and O–H groups in total. The van der Waals surface area contributed by atoms with Crippen molar-refractivity contribution < 1.29 is 0 Å². The fourth-order valence-electron chi connectivity index (χ4n) is 4.93. The molecule has 1 unspecified atom stereocenters. The number of nitrogens with zero attached hydrogens (tertiary/aromatic N) is 1. The maximum Gasteiger partial charge on any atom is 0.0309 e. The normalized spacial score (nSPS) is 36.1. The van der Waals surface area contributed by atoms with Crippen LogP contribution in [0.3, 0.4) is 0 Å². The van der Waals surface area contributed by atoms with Crippen LogP contribution in [0, 0.1) is 16.7 Å². The van der Waals surface area contributed by atoms with Gasteiger partial charge in [0.1, 0.15) is 0 Å². The largest absolute Gasteiger partial charge is 0.308 e. The molecule has 1 atom stereocenters. The molecule has 116 valence electrons. The highest BCUT2D eigenvalue weighted by Crippen LogP contribution is 2.68. The summed E-state index contributed by atoms with van der Waals surface area (Å²) in [6.45, 7) is 16.0. The van der Waals surface area contributed by atoms with Crippen molar-refractivity contribution >= 4 is 0 Å². The molecular weight excluding hydrogens is 244 g/mol. The second-order valence-corrected chi connectivity index (χ2v) is 9.00. The van der Waals surface area contributed by atoms with Gasteiger partial charge in [0.25, 0.3) is 0 Å². The molecule has 0 radical (unpaired) electrons. The minimum Gasteiger partial charge on any atom is -0.308 e. The highest BCUT2D eigenvalue weighted by Gasteiger charge is 2.64. The minimum atomic E-state index is 0.452. The molecule has 1 spiro atoms. The first-order valence-corrected chi connectivity index (χ1v) is 8.78. The Hall–Kier alpha value is -0.0800. The minimum absolute atomic E-state index is 0.452. The molecule has 0 amide bonds. The summed E-state index contributed by atoms with van der Waals surface area (Å²) in [5.41, 5.74) is 1.50. The van der Waals surface area contributed by atoms with Crippen LogP contribution in [0.4, 0.5) is 0 Å². The SMILES string of the molecule is CC1CNC2(CCCCC2)CN1CC1C(C)(C)C1(C)C. The van der Waals surface area contributed by atoms with Gasteiger partial charge in [-0.1, -0.05) is 47.0 Å². The molecule has 1 heterocycles. The topological polar surface area (TPSA) is 15.3 Å². The van der Waals surface area contributed by atoms with E-state index in [4.69, 9.17) is 0 Å². The lowest BCUT2D eigenvalue weighted by molar-refractivity contribution is 0.0555. The average molecular weight is 278 g/mol. The third kappa shape index (κ3) is 2.23. The molecule has 2 saturated carbocycles. The number of nitrogens with one attached hydrogen (secondary N) is 1. The Balaban J connectivity index is 1.66. The lowest BCUT2D eigenvalue weighted by atomic mass is 9.79. The van der Waals surface area contributed by atoms with Gasteiger partial charge in [0.2, 0.25) is 0 Å². The van der Waals surface area contributed by atoms with Gasteiger partial charge in [-0.2, -0.15) is 0 Å². The van der Waals surface area contributed by atoms with E-state index in [-0.39, 0.29) is 0 Å². The first kappa shape index (κ1) is 14.8. The average Bonchev–Trinajstić information content (AvgIpc) is 2.78. The zero-order chi connectivity index (χ0) is 14.6. The highest BCUT2D eigenvalue weighted by atomic mass is 15.3. The molecular formula is C18H34N2. The number of hydrogen-bond acceptors (Lipinski definition) is 2. The molecule has 3 aliphatic rings. The van der Waals surface area contributed by atoms with Crippen molar-refractivity contribution in [2.24, 2.45) is 16.7 Å². The van der Waals surface area contributed by atoms with Crippen molar-refractivity contribution in [3.63, 3.8) is 0 Å². The summed E-state index contributed by atoms with van der Waals surface area (Å²) >= 11 is 0. The van der Waals surface area contributed by atoms with Gasteiger partial charge in [0.05, 0.1) is 0 Å². The van der Waals surface area contributed by atoms with E-state index in [9.17, 15) is 0 Å². The van der Waals surface area contributed by atoms with Crippen LogP contribution in [0.15, 0.2) is 0 Å². The Bertz CT molecular complexity index is 352. The summed E-state index contributed by atoms with van der Waals surface area (Å²) in [6.07, 6.45) is 7.09. The highest BCUT2D eigenvalue weighted by molar-refractivity contribution is 5.14. The third-order valence-electron chi connectivity index (χ3n) is 7.45. The van der Waals surface area contributed by atoms with E-state index in [1.165, 1.54) is 51.7 Å². The van der Waals surface area contributed by atoms with Crippen LogP contribution in [0.5, 0.6) is 0 Å². The molecule has 1 saturated heterocycles. The summed E-state index contributed by atoms with van der Waals surface area (Å²) in [6, 6.07) is 0.703. The molecule has 2 nitrogen and oxygen atoms in total. The first-order valence-electron chi connectivity index (χ1n) is 8.78. The number of hydrogen-bond donors (Lipinski definition) is 1. The summed E-state index contributed by atoms with van der Waals surface area (Å²) in [5.74, 6) is 0.871. The smallest absolute Gasteiger partial charge is 0.0309 e. The second kappa shape index (κ2) is 4.71. The standard InChI is InChI=1S/C18H34N2/c1-14-11-19-18(9-7-6-8-10-18)13-20(14)12-15-16(2,3)17(15,4)5/h14-15,19H,6-13H2,1-5H3. The fraction of sp³-hybridized carbons (Fsp3) is 1.00. The van der Waals surface area contributed by atoms with Crippen LogP contribution < -0.4 is 5.32 Å². The zero-order valence-electron chi connectivity index (χ0n) is 14.3. The molecule has 2 aliphatic carbocycles. The molecule has 20 heavy (non-hydrogen) atoms. The van der Waals surface area contributed by atoms with E-state index in [1.54, 1.807) is 0 Å². The van der Waals surface area contributed by atoms with Gasteiger partial charge in [-0.3, -0.25) is 4.90 Å². The van der Waals surface area contributed by atoms with Crippen LogP contribution >= 0.6 is 0 Å². The van der Waals surface area contributed by atoms with Gasteiger partial charge in [0, 0.05) is 31.2 Å². The molecule has 0 aromatic rings. The number of piperazine rings is 1. The molecule has 3 rings (SSSR count). The summed E-state index contributed by atoms with van der Waals surface area (Å²) < 4.78 is 0. The zero-order valence-corrected chi connectivity index (χ0v) is 14.3. The predicted octanol–water partition coefficient (Wildman–Crippen LogP) is 3.67. The monoisotopic (exact) mass is 278 g/mol. The van der Waals surface area contributed by atoms with Crippen LogP contribution in [0.25, 0.3) is 0 Å². The Kier molecular flexibility index (Phi) is 3.49. The van der Waals surface area contributed by atoms with Gasteiger partial charge in [-0.15, -0.1) is 0 Å². The first-order chi connectivity index (χ1) is 9.29. The van der Waals surface area contributed by atoms with Gasteiger partial charge in [-0.05, 0) is 36.5 Å². The number of rotatable bonds is 2. The summed E-state index contributed by atoms with van der Waals surface area (Å²) in [4.78, 5) is 2.81. The quantitative estimate of drug-likeness (QED) is 0.829. The molecule has 3 fully saturated rings. The molecule has 1 aliphatic heterocycles. The maximum atomic E-state index is 3.91. The van der Waals surface area contributed by atoms with E-state index in [2.05, 4.69) is 44.8 Å². The fourth-order valence-corrected chi connectivity index (χ4v) is 4.93. The lowest BCUT2D eigenvalue weighted by Gasteiger charge is -2.49. The second-order valence-electron chi connectivity index (χ2n) is 9.00. The Labute approximate surface area is 125 Å². The van der Waals surface area contributed by atoms with Crippen molar-refractivity contribution in [1.82, 2.24) is 10.2 Å². The van der Waals surface area contributed by atoms with E-state index >= 15 is 0 Å². The van der Waals surface area contributed by atoms with Crippen molar-refractivity contribution in [2.45, 2.75) is 78.3 Å². The van der Waals surface area contributed by atoms with Gasteiger partial charge in [0.15, 0.2) is 0 Å². The summed E-state index contributed by atoms with van der Waals surface area (Å²) in [5, 5.41) is 3.91. The van der Waals surface area contributed by atoms with Gasteiger partial charge >= 0.3 is 0 Å². The molecule has 0 bridgehead atoms. The third-order valence-corrected chi connectivity index (χ3v) is 7.45. The van der Waals surface area contributed by atoms with Gasteiger partial charge < -0.3 is 5.32 Å². The molecule has 2 heteroatoms. The van der Waals surface area contributed by atoms with Crippen molar-refractivity contribution in [3.8, 4) is 0 Å². The van der Waals surface area contributed by atoms with Crippen LogP contribution in [-0.4, -0.2) is 36.1 Å². The van der Waals surface area contributed by atoms with E-state index in [0.29, 0.717) is 22.4 Å².